The topological polar surface area (TPSA) is 122 Å². The fourth-order valence-corrected chi connectivity index (χ4v) is 2.00. The molecule has 2 amide bonds. The first kappa shape index (κ1) is 18.6. The largest absolute Gasteiger partial charge is 0.480 e. The third-order valence-corrected chi connectivity index (χ3v) is 3.31. The quantitative estimate of drug-likeness (QED) is 0.532. The summed E-state index contributed by atoms with van der Waals surface area (Å²) in [4.78, 5) is 34.6. The van der Waals surface area contributed by atoms with Crippen molar-refractivity contribution in [2.45, 2.75) is 32.4 Å². The monoisotopic (exact) mass is 321 g/mol. The van der Waals surface area contributed by atoms with Gasteiger partial charge in [0.1, 0.15) is 6.04 Å². The summed E-state index contributed by atoms with van der Waals surface area (Å²) < 4.78 is 0. The highest BCUT2D eigenvalue weighted by Crippen LogP contribution is 2.02. The summed E-state index contributed by atoms with van der Waals surface area (Å²) >= 11 is 0. The lowest BCUT2D eigenvalue weighted by atomic mass is 10.0. The molecule has 0 saturated carbocycles. The van der Waals surface area contributed by atoms with Crippen LogP contribution in [-0.4, -0.2) is 41.5 Å². The molecule has 1 rings (SSSR count). The van der Waals surface area contributed by atoms with Crippen molar-refractivity contribution < 1.29 is 19.5 Å². The average Bonchev–Trinajstić information content (AvgIpc) is 2.50. The highest BCUT2D eigenvalue weighted by molar-refractivity contribution is 5.89. The van der Waals surface area contributed by atoms with Crippen molar-refractivity contribution in [3.63, 3.8) is 0 Å². The minimum absolute atomic E-state index is 0.257. The van der Waals surface area contributed by atoms with Crippen molar-refractivity contribution in [2.75, 3.05) is 6.54 Å². The van der Waals surface area contributed by atoms with Gasteiger partial charge in [0.05, 0.1) is 12.6 Å². The smallest absolute Gasteiger partial charge is 0.326 e. The molecule has 5 N–H and O–H groups in total. The fraction of sp³-hybridized carbons (Fsp3) is 0.438. The molecule has 0 aliphatic rings. The van der Waals surface area contributed by atoms with E-state index in [1.807, 2.05) is 30.3 Å². The van der Waals surface area contributed by atoms with Gasteiger partial charge in [0, 0.05) is 0 Å². The van der Waals surface area contributed by atoms with Crippen molar-refractivity contribution in [3.05, 3.63) is 35.9 Å². The van der Waals surface area contributed by atoms with E-state index in [9.17, 15) is 14.4 Å². The molecule has 0 radical (unpaired) electrons. The van der Waals surface area contributed by atoms with E-state index >= 15 is 0 Å². The molecule has 1 aromatic rings. The zero-order valence-electron chi connectivity index (χ0n) is 13.3. The lowest BCUT2D eigenvalue weighted by molar-refractivity contribution is -0.143. The molecule has 0 saturated heterocycles. The van der Waals surface area contributed by atoms with Gasteiger partial charge in [0.25, 0.3) is 0 Å². The molecule has 0 fully saturated rings. The lowest BCUT2D eigenvalue weighted by Crippen LogP contribution is -2.50. The maximum absolute atomic E-state index is 11.9. The zero-order valence-corrected chi connectivity index (χ0v) is 13.3. The molecule has 0 aliphatic heterocycles. The number of hydrogen-bond donors (Lipinski definition) is 4. The SMILES string of the molecule is CC(C)[C@@H](NC(=O)CNC(=O)[C@@H](N)Cc1ccccc1)C(=O)O. The van der Waals surface area contributed by atoms with Crippen LogP contribution in [0.15, 0.2) is 30.3 Å². The third kappa shape index (κ3) is 6.48. The third-order valence-electron chi connectivity index (χ3n) is 3.31. The van der Waals surface area contributed by atoms with Gasteiger partial charge in [-0.05, 0) is 17.9 Å². The number of carboxylic acids is 1. The van der Waals surface area contributed by atoms with E-state index in [0.717, 1.165) is 5.56 Å². The molecule has 0 spiro atoms. The Morgan fingerprint density at radius 2 is 1.78 bits per heavy atom. The Morgan fingerprint density at radius 1 is 1.17 bits per heavy atom. The van der Waals surface area contributed by atoms with Crippen molar-refractivity contribution in [1.82, 2.24) is 10.6 Å². The maximum Gasteiger partial charge on any atom is 0.326 e. The Bertz CT molecular complexity index is 546. The Labute approximate surface area is 135 Å². The van der Waals surface area contributed by atoms with E-state index in [1.165, 1.54) is 0 Å². The van der Waals surface area contributed by atoms with Crippen LogP contribution in [0, 0.1) is 5.92 Å². The molecule has 7 heteroatoms. The number of hydrogen-bond acceptors (Lipinski definition) is 4. The van der Waals surface area contributed by atoms with E-state index in [4.69, 9.17) is 10.8 Å². The Morgan fingerprint density at radius 3 is 2.30 bits per heavy atom. The van der Waals surface area contributed by atoms with Crippen molar-refractivity contribution in [1.29, 1.82) is 0 Å². The van der Waals surface area contributed by atoms with Gasteiger partial charge in [-0.3, -0.25) is 9.59 Å². The van der Waals surface area contributed by atoms with Gasteiger partial charge in [-0.15, -0.1) is 0 Å². The van der Waals surface area contributed by atoms with Crippen LogP contribution >= 0.6 is 0 Å². The summed E-state index contributed by atoms with van der Waals surface area (Å²) in [5.74, 6) is -2.39. The number of benzene rings is 1. The van der Waals surface area contributed by atoms with Gasteiger partial charge in [0.2, 0.25) is 11.8 Å². The minimum atomic E-state index is -1.11. The molecular weight excluding hydrogens is 298 g/mol. The predicted octanol–water partition coefficient (Wildman–Crippen LogP) is -0.102. The summed E-state index contributed by atoms with van der Waals surface area (Å²) in [5.41, 5.74) is 6.72. The Balaban J connectivity index is 2.42. The van der Waals surface area contributed by atoms with E-state index in [1.54, 1.807) is 13.8 Å². The number of nitrogens with two attached hydrogens (primary N) is 1. The molecule has 0 heterocycles. The average molecular weight is 321 g/mol. The van der Waals surface area contributed by atoms with Gasteiger partial charge in [0.15, 0.2) is 0 Å². The van der Waals surface area contributed by atoms with Gasteiger partial charge < -0.3 is 21.5 Å². The van der Waals surface area contributed by atoms with E-state index < -0.39 is 29.9 Å². The lowest BCUT2D eigenvalue weighted by Gasteiger charge is -2.18. The second-order valence-corrected chi connectivity index (χ2v) is 5.64. The molecule has 1 aromatic carbocycles. The summed E-state index contributed by atoms with van der Waals surface area (Å²) in [5, 5.41) is 13.8. The van der Waals surface area contributed by atoms with Crippen LogP contribution in [0.5, 0.6) is 0 Å². The number of aliphatic carboxylic acids is 1. The standard InChI is InChI=1S/C16H23N3O4/c1-10(2)14(16(22)23)19-13(20)9-18-15(21)12(17)8-11-6-4-3-5-7-11/h3-7,10,12,14H,8-9,17H2,1-2H3,(H,18,21)(H,19,20)(H,22,23)/t12-,14+/m0/s1. The van der Waals surface area contributed by atoms with E-state index in [-0.39, 0.29) is 12.5 Å². The second kappa shape index (κ2) is 8.89. The van der Waals surface area contributed by atoms with Crippen LogP contribution in [0.25, 0.3) is 0 Å². The van der Waals surface area contributed by atoms with E-state index in [0.29, 0.717) is 6.42 Å². The molecule has 0 aromatic heterocycles. The highest BCUT2D eigenvalue weighted by Gasteiger charge is 2.23. The number of rotatable bonds is 8. The van der Waals surface area contributed by atoms with Crippen molar-refractivity contribution in [3.8, 4) is 0 Å². The van der Waals surface area contributed by atoms with Crippen molar-refractivity contribution >= 4 is 17.8 Å². The highest BCUT2D eigenvalue weighted by atomic mass is 16.4. The summed E-state index contributed by atoms with van der Waals surface area (Å²) in [6.07, 6.45) is 0.359. The van der Waals surface area contributed by atoms with Gasteiger partial charge in [-0.1, -0.05) is 44.2 Å². The zero-order chi connectivity index (χ0) is 17.4. The molecule has 126 valence electrons. The number of carbonyl (C=O) groups excluding carboxylic acids is 2. The second-order valence-electron chi connectivity index (χ2n) is 5.64. The van der Waals surface area contributed by atoms with Crippen LogP contribution in [0.4, 0.5) is 0 Å². The van der Waals surface area contributed by atoms with Gasteiger partial charge in [-0.25, -0.2) is 4.79 Å². The molecule has 0 bridgehead atoms. The van der Waals surface area contributed by atoms with Crippen LogP contribution in [0.3, 0.4) is 0 Å². The number of amides is 2. The van der Waals surface area contributed by atoms with E-state index in [2.05, 4.69) is 10.6 Å². The van der Waals surface area contributed by atoms with Crippen LogP contribution in [-0.2, 0) is 20.8 Å². The molecule has 0 unspecified atom stereocenters. The minimum Gasteiger partial charge on any atom is -0.480 e. The normalized spacial score (nSPS) is 13.2. The van der Waals surface area contributed by atoms with Gasteiger partial charge >= 0.3 is 5.97 Å². The van der Waals surface area contributed by atoms with Crippen LogP contribution < -0.4 is 16.4 Å². The first-order valence-electron chi connectivity index (χ1n) is 7.40. The Hall–Kier alpha value is -2.41. The molecule has 23 heavy (non-hydrogen) atoms. The fourth-order valence-electron chi connectivity index (χ4n) is 2.00. The molecular formula is C16H23N3O4. The summed E-state index contributed by atoms with van der Waals surface area (Å²) in [6, 6.07) is 7.53. The maximum atomic E-state index is 11.9. The number of nitrogens with one attached hydrogen (secondary N) is 2. The first-order valence-corrected chi connectivity index (χ1v) is 7.40. The molecule has 7 nitrogen and oxygen atoms in total. The number of carboxylic acid groups (broad SMARTS) is 1. The summed E-state index contributed by atoms with van der Waals surface area (Å²) in [7, 11) is 0. The molecule has 0 aliphatic carbocycles. The predicted molar refractivity (Wildman–Crippen MR) is 85.5 cm³/mol. The Kier molecular flexibility index (Phi) is 7.21. The van der Waals surface area contributed by atoms with Crippen molar-refractivity contribution in [2.24, 2.45) is 11.7 Å². The molecule has 2 atom stereocenters. The summed E-state index contributed by atoms with van der Waals surface area (Å²) in [6.45, 7) is 3.07. The van der Waals surface area contributed by atoms with Gasteiger partial charge in [-0.2, -0.15) is 0 Å². The van der Waals surface area contributed by atoms with Crippen LogP contribution in [0.2, 0.25) is 0 Å². The first-order chi connectivity index (χ1) is 10.8. The number of carbonyl (C=O) groups is 3. The van der Waals surface area contributed by atoms with Crippen LogP contribution in [0.1, 0.15) is 19.4 Å².